The van der Waals surface area contributed by atoms with E-state index in [0.717, 1.165) is 6.54 Å². The maximum absolute atomic E-state index is 4.50. The van der Waals surface area contributed by atoms with Gasteiger partial charge in [0, 0.05) is 12.2 Å². The smallest absolute Gasteiger partial charge is 0.0372 e. The summed E-state index contributed by atoms with van der Waals surface area (Å²) in [4.78, 5) is 0. The van der Waals surface area contributed by atoms with Crippen molar-refractivity contribution in [3.05, 3.63) is 29.3 Å². The number of aryl methyl sites for hydroxylation is 1. The molecule has 0 aliphatic carbocycles. The lowest BCUT2D eigenvalue weighted by Crippen LogP contribution is -2.13. The Balaban J connectivity index is 0.000000686. The summed E-state index contributed by atoms with van der Waals surface area (Å²) in [5, 5.41) is 3.45. The van der Waals surface area contributed by atoms with Crippen LogP contribution in [0.5, 0.6) is 0 Å². The lowest BCUT2D eigenvalue weighted by Gasteiger charge is -2.22. The van der Waals surface area contributed by atoms with E-state index in [4.69, 9.17) is 0 Å². The molecule has 2 nitrogen and oxygen atoms in total. The van der Waals surface area contributed by atoms with Gasteiger partial charge in [-0.15, -0.1) is 0 Å². The second kappa shape index (κ2) is 6.06. The Bertz CT molecular complexity index is 350. The molecule has 0 saturated heterocycles. The van der Waals surface area contributed by atoms with E-state index in [1.165, 1.54) is 43.1 Å². The monoisotopic (exact) mass is 234 g/mol. The first kappa shape index (κ1) is 14.0. The molecular weight excluding hydrogens is 208 g/mol. The fraction of sp³-hybridized carbons (Fsp3) is 0.600. The van der Waals surface area contributed by atoms with Crippen molar-refractivity contribution in [3.8, 4) is 0 Å². The Kier molecular flexibility index (Phi) is 5.01. The molecule has 1 aliphatic heterocycles. The summed E-state index contributed by atoms with van der Waals surface area (Å²) < 4.78 is 0. The fourth-order valence-corrected chi connectivity index (χ4v) is 2.25. The van der Waals surface area contributed by atoms with Crippen LogP contribution in [0, 0.1) is 5.41 Å². The van der Waals surface area contributed by atoms with E-state index >= 15 is 0 Å². The normalized spacial score (nSPS) is 14.2. The van der Waals surface area contributed by atoms with E-state index < -0.39 is 0 Å². The highest BCUT2D eigenvalue weighted by atomic mass is 14.9. The van der Waals surface area contributed by atoms with Gasteiger partial charge in [-0.2, -0.15) is 0 Å². The molecule has 1 aliphatic rings. The Morgan fingerprint density at radius 1 is 1.24 bits per heavy atom. The van der Waals surface area contributed by atoms with Crippen molar-refractivity contribution in [2.75, 3.05) is 18.9 Å². The van der Waals surface area contributed by atoms with Crippen LogP contribution < -0.4 is 11.1 Å². The number of benzene rings is 1. The molecule has 96 valence electrons. The van der Waals surface area contributed by atoms with Gasteiger partial charge < -0.3 is 11.1 Å². The highest BCUT2D eigenvalue weighted by Crippen LogP contribution is 2.26. The van der Waals surface area contributed by atoms with Crippen LogP contribution in [0.15, 0.2) is 18.2 Å². The third kappa shape index (κ3) is 4.39. The summed E-state index contributed by atoms with van der Waals surface area (Å²) in [6.45, 7) is 8.02. The van der Waals surface area contributed by atoms with Crippen LogP contribution in [0.1, 0.15) is 38.3 Å². The second-order valence-corrected chi connectivity index (χ2v) is 5.76. The van der Waals surface area contributed by atoms with Gasteiger partial charge in [-0.1, -0.05) is 32.9 Å². The minimum Gasteiger partial charge on any atom is -0.385 e. The Hall–Kier alpha value is -1.02. The van der Waals surface area contributed by atoms with Crippen LogP contribution in [0.3, 0.4) is 0 Å². The van der Waals surface area contributed by atoms with Crippen molar-refractivity contribution in [1.29, 1.82) is 0 Å². The molecule has 1 heterocycles. The standard InChI is InChI=1S/C14H21N.CH5N/c1-14(2,3)10-11-6-7-13-12(9-11)5-4-8-15-13;1-2/h6-7,9,15H,4-5,8,10H2,1-3H3;2H2,1H3. The van der Waals surface area contributed by atoms with Crippen LogP contribution in [-0.2, 0) is 12.8 Å². The quantitative estimate of drug-likeness (QED) is 0.783. The Morgan fingerprint density at radius 3 is 2.59 bits per heavy atom. The molecule has 0 atom stereocenters. The highest BCUT2D eigenvalue weighted by molar-refractivity contribution is 5.54. The molecule has 0 radical (unpaired) electrons. The summed E-state index contributed by atoms with van der Waals surface area (Å²) >= 11 is 0. The van der Waals surface area contributed by atoms with Gasteiger partial charge in [0.1, 0.15) is 0 Å². The summed E-state index contributed by atoms with van der Waals surface area (Å²) in [7, 11) is 1.50. The molecule has 3 N–H and O–H groups in total. The number of hydrogen-bond donors (Lipinski definition) is 2. The van der Waals surface area contributed by atoms with Crippen molar-refractivity contribution in [3.63, 3.8) is 0 Å². The van der Waals surface area contributed by atoms with E-state index in [1.807, 2.05) is 0 Å². The molecular formula is C15H26N2. The topological polar surface area (TPSA) is 38.0 Å². The van der Waals surface area contributed by atoms with Gasteiger partial charge in [0.2, 0.25) is 0 Å². The zero-order valence-corrected chi connectivity index (χ0v) is 11.6. The number of anilines is 1. The van der Waals surface area contributed by atoms with Gasteiger partial charge in [-0.05, 0) is 48.9 Å². The lowest BCUT2D eigenvalue weighted by molar-refractivity contribution is 0.411. The maximum atomic E-state index is 4.50. The molecule has 2 rings (SSSR count). The fourth-order valence-electron chi connectivity index (χ4n) is 2.25. The number of nitrogens with two attached hydrogens (primary N) is 1. The highest BCUT2D eigenvalue weighted by Gasteiger charge is 2.13. The minimum atomic E-state index is 0.385. The Labute approximate surface area is 106 Å². The molecule has 0 aromatic heterocycles. The Morgan fingerprint density at radius 2 is 1.94 bits per heavy atom. The predicted octanol–water partition coefficient (Wildman–Crippen LogP) is 3.21. The SMILES string of the molecule is CC(C)(C)Cc1ccc2c(c1)CCCN2.CN. The first-order chi connectivity index (χ1) is 8.04. The number of fused-ring (bicyclic) bond motifs is 1. The van der Waals surface area contributed by atoms with Crippen LogP contribution in [-0.4, -0.2) is 13.6 Å². The van der Waals surface area contributed by atoms with Crippen molar-refractivity contribution in [1.82, 2.24) is 0 Å². The van der Waals surface area contributed by atoms with Gasteiger partial charge in [0.05, 0.1) is 0 Å². The van der Waals surface area contributed by atoms with Crippen molar-refractivity contribution >= 4 is 5.69 Å². The second-order valence-electron chi connectivity index (χ2n) is 5.76. The van der Waals surface area contributed by atoms with Crippen LogP contribution in [0.2, 0.25) is 0 Å². The van der Waals surface area contributed by atoms with Crippen LogP contribution >= 0.6 is 0 Å². The van der Waals surface area contributed by atoms with Crippen molar-refractivity contribution in [2.45, 2.75) is 40.0 Å². The molecule has 17 heavy (non-hydrogen) atoms. The molecule has 0 unspecified atom stereocenters. The molecule has 0 fully saturated rings. The molecule has 1 aromatic rings. The molecule has 1 aromatic carbocycles. The van der Waals surface area contributed by atoms with Gasteiger partial charge in [0.25, 0.3) is 0 Å². The molecule has 0 saturated carbocycles. The summed E-state index contributed by atoms with van der Waals surface area (Å²) in [6, 6.07) is 6.89. The summed E-state index contributed by atoms with van der Waals surface area (Å²) in [5.74, 6) is 0. The van der Waals surface area contributed by atoms with E-state index in [9.17, 15) is 0 Å². The molecule has 0 bridgehead atoms. The largest absolute Gasteiger partial charge is 0.385 e. The molecule has 0 amide bonds. The van der Waals surface area contributed by atoms with E-state index in [0.29, 0.717) is 5.41 Å². The zero-order chi connectivity index (χ0) is 12.9. The van der Waals surface area contributed by atoms with E-state index in [2.05, 4.69) is 50.0 Å². The predicted molar refractivity (Wildman–Crippen MR) is 76.5 cm³/mol. The first-order valence-corrected chi connectivity index (χ1v) is 6.48. The average Bonchev–Trinajstić information content (AvgIpc) is 2.29. The summed E-state index contributed by atoms with van der Waals surface area (Å²) in [5.41, 5.74) is 9.21. The van der Waals surface area contributed by atoms with Gasteiger partial charge in [-0.25, -0.2) is 0 Å². The maximum Gasteiger partial charge on any atom is 0.0372 e. The number of hydrogen-bond acceptors (Lipinski definition) is 2. The molecule has 2 heteroatoms. The third-order valence-electron chi connectivity index (χ3n) is 2.84. The zero-order valence-electron chi connectivity index (χ0n) is 11.6. The van der Waals surface area contributed by atoms with Gasteiger partial charge in [-0.3, -0.25) is 0 Å². The minimum absolute atomic E-state index is 0.385. The van der Waals surface area contributed by atoms with Crippen molar-refractivity contribution in [2.24, 2.45) is 11.1 Å². The van der Waals surface area contributed by atoms with E-state index in [1.54, 1.807) is 0 Å². The molecule has 0 spiro atoms. The van der Waals surface area contributed by atoms with Crippen molar-refractivity contribution < 1.29 is 0 Å². The van der Waals surface area contributed by atoms with E-state index in [-0.39, 0.29) is 0 Å². The lowest BCUT2D eigenvalue weighted by atomic mass is 9.87. The number of nitrogens with one attached hydrogen (secondary N) is 1. The third-order valence-corrected chi connectivity index (χ3v) is 2.84. The average molecular weight is 234 g/mol. The van der Waals surface area contributed by atoms with Gasteiger partial charge in [0.15, 0.2) is 0 Å². The van der Waals surface area contributed by atoms with Crippen LogP contribution in [0.25, 0.3) is 0 Å². The van der Waals surface area contributed by atoms with Crippen LogP contribution in [0.4, 0.5) is 5.69 Å². The van der Waals surface area contributed by atoms with Gasteiger partial charge >= 0.3 is 0 Å². The summed E-state index contributed by atoms with van der Waals surface area (Å²) in [6.07, 6.45) is 3.67. The number of rotatable bonds is 1. The first-order valence-electron chi connectivity index (χ1n) is 6.48.